The van der Waals surface area contributed by atoms with Crippen LogP contribution in [0.15, 0.2) is 87.0 Å². The van der Waals surface area contributed by atoms with Crippen molar-refractivity contribution in [1.82, 2.24) is 10.6 Å². The summed E-state index contributed by atoms with van der Waals surface area (Å²) in [5.41, 5.74) is 1.55. The van der Waals surface area contributed by atoms with Gasteiger partial charge >= 0.3 is 35.9 Å². The van der Waals surface area contributed by atoms with Gasteiger partial charge in [-0.15, -0.1) is 0 Å². The maximum atomic E-state index is 12.9. The quantitative estimate of drug-likeness (QED) is 0.103. The number of amides is 4. The number of rotatable bonds is 17. The Morgan fingerprint density at radius 3 is 1.08 bits per heavy atom. The van der Waals surface area contributed by atoms with Gasteiger partial charge in [-0.1, -0.05) is 38.4 Å². The molecular formula is C36H42N4O10. The molecule has 0 saturated heterocycles. The maximum Gasteiger partial charge on any atom is 0.330 e. The SMILES string of the molecule is C=CC(=O)OCC(C)(COC(=O)C=C)NC(=O)Nc1ccc(-c2ccc(NC(=O)NC(C)(COC(=O)C=C)COC(=O)C=C)c(C)c2)cc1C. The van der Waals surface area contributed by atoms with E-state index in [9.17, 15) is 28.8 Å². The number of nitrogens with one attached hydrogen (secondary N) is 4. The van der Waals surface area contributed by atoms with Crippen molar-refractivity contribution < 1.29 is 47.7 Å². The largest absolute Gasteiger partial charge is 0.460 e. The Labute approximate surface area is 290 Å². The van der Waals surface area contributed by atoms with Crippen LogP contribution >= 0.6 is 0 Å². The Morgan fingerprint density at radius 1 is 0.560 bits per heavy atom. The molecule has 0 aliphatic rings. The number of benzene rings is 2. The first-order valence-electron chi connectivity index (χ1n) is 15.1. The maximum absolute atomic E-state index is 12.9. The standard InChI is InChI=1S/C36H42N4O10/c1-9-29(41)47-19-35(7,20-48-30(42)10-2)39-33(45)37-27-15-13-25(17-23(27)5)26-14-16-28(24(6)18-26)38-34(46)40-36(8,21-49-31(43)11-3)22-50-32(44)12-4/h9-18H,1-4,19-22H2,5-8H3,(H2,37,39,45)(H2,38,40,46). The average molecular weight is 691 g/mol. The highest BCUT2D eigenvalue weighted by Gasteiger charge is 2.31. The van der Waals surface area contributed by atoms with Gasteiger partial charge in [0.2, 0.25) is 0 Å². The van der Waals surface area contributed by atoms with Crippen molar-refractivity contribution in [2.24, 2.45) is 0 Å². The summed E-state index contributed by atoms with van der Waals surface area (Å²) in [5.74, 6) is -2.84. The third-order valence-electron chi connectivity index (χ3n) is 6.91. The predicted molar refractivity (Wildman–Crippen MR) is 187 cm³/mol. The lowest BCUT2D eigenvalue weighted by Crippen LogP contribution is -2.54. The number of esters is 4. The number of urea groups is 2. The number of ether oxygens (including phenoxy) is 4. The van der Waals surface area contributed by atoms with E-state index in [1.165, 1.54) is 0 Å². The Balaban J connectivity index is 2.15. The number of carbonyl (C=O) groups is 6. The summed E-state index contributed by atoms with van der Waals surface area (Å²) in [5, 5.41) is 10.9. The molecule has 0 radical (unpaired) electrons. The first kappa shape index (κ1) is 40.0. The van der Waals surface area contributed by atoms with E-state index < -0.39 is 47.0 Å². The molecule has 0 aliphatic carbocycles. The van der Waals surface area contributed by atoms with Crippen LogP contribution in [0.1, 0.15) is 25.0 Å². The molecule has 0 unspecified atom stereocenters. The first-order chi connectivity index (χ1) is 23.6. The fourth-order valence-corrected chi connectivity index (χ4v) is 4.21. The lowest BCUT2D eigenvalue weighted by Gasteiger charge is -2.29. The monoisotopic (exact) mass is 690 g/mol. The topological polar surface area (TPSA) is 187 Å². The van der Waals surface area contributed by atoms with Gasteiger partial charge in [0.1, 0.15) is 37.5 Å². The van der Waals surface area contributed by atoms with Crippen LogP contribution in [-0.2, 0) is 38.1 Å². The van der Waals surface area contributed by atoms with Crippen molar-refractivity contribution in [2.75, 3.05) is 37.1 Å². The molecule has 2 aromatic rings. The molecule has 4 N–H and O–H groups in total. The molecule has 266 valence electrons. The second kappa shape index (κ2) is 18.4. The van der Waals surface area contributed by atoms with Gasteiger partial charge in [-0.2, -0.15) is 0 Å². The summed E-state index contributed by atoms with van der Waals surface area (Å²) >= 11 is 0. The average Bonchev–Trinajstić information content (AvgIpc) is 3.09. The molecule has 2 aromatic carbocycles. The Hall–Kier alpha value is -6.18. The molecule has 0 heterocycles. The van der Waals surface area contributed by atoms with Crippen molar-refractivity contribution in [1.29, 1.82) is 0 Å². The van der Waals surface area contributed by atoms with E-state index in [-0.39, 0.29) is 26.4 Å². The van der Waals surface area contributed by atoms with Crippen molar-refractivity contribution in [3.05, 3.63) is 98.1 Å². The number of anilines is 2. The molecule has 0 aliphatic heterocycles. The summed E-state index contributed by atoms with van der Waals surface area (Å²) in [6.45, 7) is 18.9. The summed E-state index contributed by atoms with van der Waals surface area (Å²) in [6.07, 6.45) is 3.89. The summed E-state index contributed by atoms with van der Waals surface area (Å²) < 4.78 is 20.3. The van der Waals surface area contributed by atoms with E-state index in [0.29, 0.717) is 11.4 Å². The fraction of sp³-hybridized carbons (Fsp3) is 0.278. The van der Waals surface area contributed by atoms with Crippen molar-refractivity contribution >= 4 is 47.3 Å². The second-order valence-electron chi connectivity index (χ2n) is 11.6. The van der Waals surface area contributed by atoms with Crippen molar-refractivity contribution in [2.45, 2.75) is 38.8 Å². The van der Waals surface area contributed by atoms with Gasteiger partial charge in [-0.25, -0.2) is 28.8 Å². The van der Waals surface area contributed by atoms with E-state index in [0.717, 1.165) is 46.6 Å². The summed E-state index contributed by atoms with van der Waals surface area (Å²) in [6, 6.07) is 9.49. The van der Waals surface area contributed by atoms with E-state index in [1.807, 2.05) is 12.1 Å². The van der Waals surface area contributed by atoms with Gasteiger partial charge in [0.25, 0.3) is 0 Å². The van der Waals surface area contributed by atoms with Gasteiger partial charge in [0, 0.05) is 35.7 Å². The van der Waals surface area contributed by atoms with Crippen LogP contribution in [0.25, 0.3) is 11.1 Å². The molecule has 0 spiro atoms. The predicted octanol–water partition coefficient (Wildman–Crippen LogP) is 4.65. The molecule has 50 heavy (non-hydrogen) atoms. The molecule has 4 amide bonds. The molecule has 14 heteroatoms. The van der Waals surface area contributed by atoms with Gasteiger partial charge in [0.05, 0.1) is 0 Å². The summed E-state index contributed by atoms with van der Waals surface area (Å²) in [4.78, 5) is 72.3. The minimum Gasteiger partial charge on any atom is -0.460 e. The third-order valence-corrected chi connectivity index (χ3v) is 6.91. The lowest BCUT2D eigenvalue weighted by molar-refractivity contribution is -0.145. The van der Waals surface area contributed by atoms with Crippen LogP contribution in [0.2, 0.25) is 0 Å². The Bertz CT molecular complexity index is 1500. The highest BCUT2D eigenvalue weighted by atomic mass is 16.6. The van der Waals surface area contributed by atoms with Gasteiger partial charge in [-0.3, -0.25) is 0 Å². The highest BCUT2D eigenvalue weighted by molar-refractivity contribution is 5.92. The zero-order chi connectivity index (χ0) is 37.5. The van der Waals surface area contributed by atoms with Gasteiger partial charge in [0.15, 0.2) is 0 Å². The van der Waals surface area contributed by atoms with Crippen LogP contribution in [0.3, 0.4) is 0 Å². The number of aryl methyl sites for hydroxylation is 2. The lowest BCUT2D eigenvalue weighted by atomic mass is 10.00. The number of hydrogen-bond acceptors (Lipinski definition) is 10. The van der Waals surface area contributed by atoms with E-state index in [1.54, 1.807) is 52.0 Å². The van der Waals surface area contributed by atoms with Crippen LogP contribution in [0.5, 0.6) is 0 Å². The molecule has 2 rings (SSSR count). The number of hydrogen-bond donors (Lipinski definition) is 4. The van der Waals surface area contributed by atoms with Crippen LogP contribution in [0, 0.1) is 13.8 Å². The van der Waals surface area contributed by atoms with E-state index in [2.05, 4.69) is 47.6 Å². The Kier molecular flexibility index (Phi) is 14.7. The Morgan fingerprint density at radius 2 is 0.840 bits per heavy atom. The first-order valence-corrected chi connectivity index (χ1v) is 15.1. The van der Waals surface area contributed by atoms with Gasteiger partial charge < -0.3 is 40.2 Å². The van der Waals surface area contributed by atoms with Crippen molar-refractivity contribution in [3.63, 3.8) is 0 Å². The van der Waals surface area contributed by atoms with Crippen molar-refractivity contribution in [3.8, 4) is 11.1 Å². The molecule has 0 aromatic heterocycles. The minimum atomic E-state index is -1.27. The molecular weight excluding hydrogens is 648 g/mol. The molecule has 14 nitrogen and oxygen atoms in total. The normalized spacial score (nSPS) is 10.7. The third kappa shape index (κ3) is 12.8. The highest BCUT2D eigenvalue weighted by Crippen LogP contribution is 2.28. The second-order valence-corrected chi connectivity index (χ2v) is 11.6. The summed E-state index contributed by atoms with van der Waals surface area (Å²) in [7, 11) is 0. The minimum absolute atomic E-state index is 0.297. The molecule has 0 fully saturated rings. The fourth-order valence-electron chi connectivity index (χ4n) is 4.21. The van der Waals surface area contributed by atoms with Gasteiger partial charge in [-0.05, 0) is 74.2 Å². The van der Waals surface area contributed by atoms with E-state index in [4.69, 9.17) is 18.9 Å². The number of carbonyl (C=O) groups excluding carboxylic acids is 6. The van der Waals surface area contributed by atoms with Crippen LogP contribution < -0.4 is 21.3 Å². The zero-order valence-electron chi connectivity index (χ0n) is 28.5. The van der Waals surface area contributed by atoms with Crippen LogP contribution in [0.4, 0.5) is 21.0 Å². The van der Waals surface area contributed by atoms with Crippen LogP contribution in [-0.4, -0.2) is 73.4 Å². The smallest absolute Gasteiger partial charge is 0.330 e. The molecule has 0 saturated carbocycles. The van der Waals surface area contributed by atoms with E-state index >= 15 is 0 Å². The molecule has 0 bridgehead atoms. The zero-order valence-corrected chi connectivity index (χ0v) is 28.5. The molecule has 0 atom stereocenters.